The molecule has 0 unspecified atom stereocenters. The van der Waals surface area contributed by atoms with Gasteiger partial charge in [-0.1, -0.05) is 53.0 Å². The van der Waals surface area contributed by atoms with Gasteiger partial charge in [0.25, 0.3) is 5.91 Å². The number of alkyl halides is 6. The van der Waals surface area contributed by atoms with Crippen molar-refractivity contribution in [2.45, 2.75) is 12.4 Å². The number of halogens is 8. The van der Waals surface area contributed by atoms with Gasteiger partial charge >= 0.3 is 24.3 Å². The summed E-state index contributed by atoms with van der Waals surface area (Å²) in [6.07, 6.45) is -9.08. The minimum absolute atomic E-state index is 0.000274. The van der Waals surface area contributed by atoms with Crippen LogP contribution in [-0.2, 0) is 21.8 Å². The fraction of sp³-hybridized carbons (Fsp3) is 0.129. The van der Waals surface area contributed by atoms with Crippen molar-refractivity contribution in [3.8, 4) is 20.9 Å². The Labute approximate surface area is 284 Å². The lowest BCUT2D eigenvalue weighted by Crippen LogP contribution is -2.16. The Morgan fingerprint density at radius 3 is 1.60 bits per heavy atom. The van der Waals surface area contributed by atoms with Crippen molar-refractivity contribution in [3.05, 3.63) is 106 Å². The number of aromatic nitrogens is 2. The molecular weight excluding hydrogens is 724 g/mol. The van der Waals surface area contributed by atoms with Gasteiger partial charge in [0, 0.05) is 0 Å². The van der Waals surface area contributed by atoms with Crippen LogP contribution in [0.15, 0.2) is 66.7 Å². The number of nitrogens with one attached hydrogen (secondary N) is 1. The smallest absolute Gasteiger partial charge is 0.416 e. The molecule has 3 N–H and O–H groups in total. The van der Waals surface area contributed by atoms with Gasteiger partial charge in [-0.2, -0.15) is 26.3 Å². The highest BCUT2D eigenvalue weighted by molar-refractivity contribution is 7.19. The Morgan fingerprint density at radius 2 is 1.14 bits per heavy atom. The van der Waals surface area contributed by atoms with Crippen molar-refractivity contribution in [2.75, 3.05) is 25.3 Å². The molecule has 19 heteroatoms. The van der Waals surface area contributed by atoms with E-state index < -0.39 is 58.5 Å². The normalized spacial score (nSPS) is 11.3. The molecule has 0 aliphatic rings. The molecule has 3 aromatic carbocycles. The summed E-state index contributed by atoms with van der Waals surface area (Å²) in [5.74, 6) is -5.11. The summed E-state index contributed by atoms with van der Waals surface area (Å²) in [4.78, 5) is 43.7. The Kier molecular flexibility index (Phi) is 11.2. The predicted molar refractivity (Wildman–Crippen MR) is 167 cm³/mol. The number of rotatable bonds is 6. The van der Waals surface area contributed by atoms with Gasteiger partial charge < -0.3 is 15.2 Å². The number of anilines is 2. The lowest BCUT2D eigenvalue weighted by atomic mass is 10.1. The number of benzene rings is 3. The summed E-state index contributed by atoms with van der Waals surface area (Å²) in [5.41, 5.74) is 2.65. The molecule has 0 aliphatic carbocycles. The molecule has 50 heavy (non-hydrogen) atoms. The SMILES string of the molecule is COC(=O)c1nc(N)sc1-c1cccc(C(F)(F)F)c1.COC(=O)c1nc(NC(=O)c2c(F)cccc2F)sc1-c1cccc(C(F)(F)F)c1. The molecule has 9 nitrogen and oxygen atoms in total. The highest BCUT2D eigenvalue weighted by atomic mass is 32.1. The average molecular weight is 745 g/mol. The van der Waals surface area contributed by atoms with Crippen LogP contribution in [0.3, 0.4) is 0 Å². The first-order valence-corrected chi connectivity index (χ1v) is 15.1. The largest absolute Gasteiger partial charge is 0.464 e. The first-order valence-electron chi connectivity index (χ1n) is 13.5. The minimum atomic E-state index is -4.62. The Morgan fingerprint density at radius 1 is 0.700 bits per heavy atom. The van der Waals surface area contributed by atoms with Crippen LogP contribution in [0.2, 0.25) is 0 Å². The van der Waals surface area contributed by atoms with Crippen molar-refractivity contribution in [3.63, 3.8) is 0 Å². The van der Waals surface area contributed by atoms with E-state index >= 15 is 0 Å². The fourth-order valence-corrected chi connectivity index (χ4v) is 5.88. The second kappa shape index (κ2) is 15.0. The lowest BCUT2D eigenvalue weighted by molar-refractivity contribution is -0.138. The van der Waals surface area contributed by atoms with Crippen LogP contribution in [-0.4, -0.2) is 42.0 Å². The number of hydrogen-bond donors (Lipinski definition) is 2. The van der Waals surface area contributed by atoms with E-state index in [4.69, 9.17) is 5.73 Å². The summed E-state index contributed by atoms with van der Waals surface area (Å²) >= 11 is 1.58. The molecule has 2 aromatic heterocycles. The summed E-state index contributed by atoms with van der Waals surface area (Å²) in [6.45, 7) is 0. The van der Waals surface area contributed by atoms with E-state index in [0.29, 0.717) is 11.3 Å². The number of methoxy groups -OCH3 is 2. The van der Waals surface area contributed by atoms with Gasteiger partial charge in [-0.25, -0.2) is 28.3 Å². The van der Waals surface area contributed by atoms with Gasteiger partial charge in [0.15, 0.2) is 21.7 Å². The first-order chi connectivity index (χ1) is 23.4. The first kappa shape index (κ1) is 37.4. The molecule has 0 aliphatic heterocycles. The van der Waals surface area contributed by atoms with Gasteiger partial charge in [0.05, 0.1) is 35.1 Å². The van der Waals surface area contributed by atoms with Gasteiger partial charge in [0.2, 0.25) is 0 Å². The number of nitrogen functional groups attached to an aromatic ring is 1. The molecule has 262 valence electrons. The van der Waals surface area contributed by atoms with E-state index in [9.17, 15) is 49.5 Å². The number of nitrogens with two attached hydrogens (primary N) is 1. The molecule has 0 atom stereocenters. The molecule has 0 saturated carbocycles. The number of esters is 2. The van der Waals surface area contributed by atoms with Gasteiger partial charge in [0.1, 0.15) is 17.2 Å². The lowest BCUT2D eigenvalue weighted by Gasteiger charge is -2.08. The van der Waals surface area contributed by atoms with Gasteiger partial charge in [-0.05, 0) is 47.5 Å². The Balaban J connectivity index is 0.000000244. The third kappa shape index (κ3) is 8.58. The zero-order valence-corrected chi connectivity index (χ0v) is 26.8. The molecule has 0 fully saturated rings. The third-order valence-electron chi connectivity index (χ3n) is 6.34. The van der Waals surface area contributed by atoms with Crippen LogP contribution >= 0.6 is 22.7 Å². The van der Waals surface area contributed by atoms with E-state index in [0.717, 1.165) is 74.1 Å². The number of hydrogen-bond acceptors (Lipinski definition) is 10. The molecule has 5 rings (SSSR count). The van der Waals surface area contributed by atoms with E-state index in [-0.39, 0.29) is 42.5 Å². The van der Waals surface area contributed by atoms with E-state index in [1.807, 2.05) is 0 Å². The number of carbonyl (C=O) groups excluding carboxylic acids is 3. The predicted octanol–water partition coefficient (Wildman–Crippen LogP) is 8.34. The number of thiazole rings is 2. The van der Waals surface area contributed by atoms with Crippen LogP contribution in [0.25, 0.3) is 20.9 Å². The molecular formula is C31H20F8N4O5S2. The topological polar surface area (TPSA) is 134 Å². The maximum absolute atomic E-state index is 13.8. The molecule has 0 radical (unpaired) electrons. The van der Waals surface area contributed by atoms with Crippen molar-refractivity contribution < 1.29 is 59.0 Å². The van der Waals surface area contributed by atoms with Crippen LogP contribution in [0, 0.1) is 11.6 Å². The maximum Gasteiger partial charge on any atom is 0.416 e. The summed E-state index contributed by atoms with van der Waals surface area (Å²) in [5, 5.41) is 1.98. The van der Waals surface area contributed by atoms with Gasteiger partial charge in [-0.3, -0.25) is 10.1 Å². The molecule has 0 bridgehead atoms. The van der Waals surface area contributed by atoms with Crippen molar-refractivity contribution >= 4 is 50.8 Å². The number of amides is 1. The van der Waals surface area contributed by atoms with E-state index in [1.165, 1.54) is 18.2 Å². The molecule has 2 heterocycles. The van der Waals surface area contributed by atoms with E-state index in [1.54, 1.807) is 0 Å². The number of carbonyl (C=O) groups is 3. The second-order valence-corrected chi connectivity index (χ2v) is 11.6. The highest BCUT2D eigenvalue weighted by Crippen LogP contribution is 2.38. The summed E-state index contributed by atoms with van der Waals surface area (Å²) in [7, 11) is 2.21. The fourth-order valence-electron chi connectivity index (χ4n) is 4.12. The molecule has 0 spiro atoms. The van der Waals surface area contributed by atoms with Crippen LogP contribution in [0.1, 0.15) is 42.5 Å². The van der Waals surface area contributed by atoms with Crippen LogP contribution in [0.5, 0.6) is 0 Å². The molecule has 1 amide bonds. The van der Waals surface area contributed by atoms with Crippen LogP contribution < -0.4 is 11.1 Å². The Bertz CT molecular complexity index is 2040. The summed E-state index contributed by atoms with van der Waals surface area (Å²) < 4.78 is 114. The van der Waals surface area contributed by atoms with Crippen molar-refractivity contribution in [1.29, 1.82) is 0 Å². The quantitative estimate of drug-likeness (QED) is 0.131. The third-order valence-corrected chi connectivity index (χ3v) is 8.30. The molecule has 0 saturated heterocycles. The summed E-state index contributed by atoms with van der Waals surface area (Å²) in [6, 6.07) is 11.6. The monoisotopic (exact) mass is 744 g/mol. The Hall–Kier alpha value is -5.43. The molecule has 5 aromatic rings. The van der Waals surface area contributed by atoms with Crippen LogP contribution in [0.4, 0.5) is 45.4 Å². The average Bonchev–Trinajstić information content (AvgIpc) is 3.67. The maximum atomic E-state index is 13.8. The zero-order chi connectivity index (χ0) is 37.0. The number of nitrogens with zero attached hydrogens (tertiary/aromatic N) is 2. The minimum Gasteiger partial charge on any atom is -0.464 e. The van der Waals surface area contributed by atoms with Gasteiger partial charge in [-0.15, -0.1) is 0 Å². The number of ether oxygens (including phenoxy) is 2. The second-order valence-electron chi connectivity index (χ2n) is 9.62. The van der Waals surface area contributed by atoms with E-state index in [2.05, 4.69) is 24.8 Å². The highest BCUT2D eigenvalue weighted by Gasteiger charge is 2.32. The van der Waals surface area contributed by atoms with Crippen molar-refractivity contribution in [1.82, 2.24) is 9.97 Å². The standard InChI is InChI=1S/C19H11F5N2O3S.C12H9F3N2O2S/c1-29-17(28)14-15(9-4-2-5-10(8-9)19(22,23)24)30-18(25-14)26-16(27)13-11(20)6-3-7-12(13)21;1-19-10(18)8-9(20-11(16)17-8)6-3-2-4-7(5-6)12(13,14)15/h2-8H,1H3,(H,25,26,27);2-5H,1H3,(H2,16,17). The zero-order valence-electron chi connectivity index (χ0n) is 25.2. The van der Waals surface area contributed by atoms with Crippen molar-refractivity contribution in [2.24, 2.45) is 0 Å².